The molecule has 0 bridgehead atoms. The fourth-order valence-corrected chi connectivity index (χ4v) is 5.08. The summed E-state index contributed by atoms with van der Waals surface area (Å²) in [4.78, 5) is 25.1. The molecule has 1 amide bonds. The number of methoxy groups -OCH3 is 1. The van der Waals surface area contributed by atoms with Crippen molar-refractivity contribution in [2.75, 3.05) is 25.1 Å². The van der Waals surface area contributed by atoms with Gasteiger partial charge >= 0.3 is 0 Å². The summed E-state index contributed by atoms with van der Waals surface area (Å²) >= 11 is 1.66. The molecule has 3 heterocycles. The maximum absolute atomic E-state index is 12.1. The number of piperidine rings is 1. The van der Waals surface area contributed by atoms with E-state index in [-0.39, 0.29) is 17.9 Å². The number of hydrogen-bond acceptors (Lipinski definition) is 6. The number of carbonyl (C=O) groups excluding carboxylic acids is 1. The average molecular weight is 423 g/mol. The fraction of sp³-hybridized carbons (Fsp3) is 0.435. The average Bonchev–Trinajstić information content (AvgIpc) is 3.54. The van der Waals surface area contributed by atoms with Gasteiger partial charge in [0.1, 0.15) is 17.3 Å². The molecule has 0 atom stereocenters. The highest BCUT2D eigenvalue weighted by atomic mass is 32.1. The molecular formula is C23H26N4O2S. The highest BCUT2D eigenvalue weighted by Gasteiger charge is 2.32. The van der Waals surface area contributed by atoms with Crippen LogP contribution in [-0.4, -0.2) is 42.1 Å². The van der Waals surface area contributed by atoms with Gasteiger partial charge in [-0.1, -0.05) is 30.3 Å². The molecule has 2 fully saturated rings. The van der Waals surface area contributed by atoms with Crippen molar-refractivity contribution in [3.05, 3.63) is 41.5 Å². The number of rotatable bonds is 6. The Hall–Kier alpha value is -2.51. The summed E-state index contributed by atoms with van der Waals surface area (Å²) in [5.74, 6) is 2.20. The lowest BCUT2D eigenvalue weighted by molar-refractivity contribution is -0.123. The van der Waals surface area contributed by atoms with Crippen LogP contribution in [0.15, 0.2) is 35.7 Å². The Labute approximate surface area is 180 Å². The molecule has 1 N–H and O–H groups in total. The number of carbonyl (C=O) groups is 1. The van der Waals surface area contributed by atoms with Gasteiger partial charge in [-0.05, 0) is 31.2 Å². The number of fused-ring (bicyclic) bond motifs is 1. The van der Waals surface area contributed by atoms with E-state index in [1.165, 1.54) is 11.1 Å². The van der Waals surface area contributed by atoms with E-state index in [0.717, 1.165) is 54.8 Å². The maximum atomic E-state index is 12.1. The molecule has 156 valence electrons. The van der Waals surface area contributed by atoms with Gasteiger partial charge in [-0.25, -0.2) is 9.97 Å². The number of benzene rings is 1. The summed E-state index contributed by atoms with van der Waals surface area (Å²) in [5, 5.41) is 6.53. The smallest absolute Gasteiger partial charge is 0.223 e. The zero-order chi connectivity index (χ0) is 20.5. The molecule has 1 saturated heterocycles. The number of aromatic nitrogens is 2. The Morgan fingerprint density at radius 1 is 1.17 bits per heavy atom. The first kappa shape index (κ1) is 19.5. The molecule has 1 saturated carbocycles. The topological polar surface area (TPSA) is 67.3 Å². The molecule has 0 radical (unpaired) electrons. The number of anilines is 1. The van der Waals surface area contributed by atoms with Crippen LogP contribution in [0.5, 0.6) is 0 Å². The van der Waals surface area contributed by atoms with Crippen LogP contribution in [-0.2, 0) is 16.1 Å². The quantitative estimate of drug-likeness (QED) is 0.650. The molecule has 1 aliphatic heterocycles. The molecule has 0 spiro atoms. The molecule has 2 aromatic heterocycles. The van der Waals surface area contributed by atoms with Crippen LogP contribution in [0.3, 0.4) is 0 Å². The van der Waals surface area contributed by atoms with E-state index in [1.807, 2.05) is 6.07 Å². The van der Waals surface area contributed by atoms with E-state index in [4.69, 9.17) is 14.7 Å². The van der Waals surface area contributed by atoms with E-state index in [1.54, 1.807) is 18.4 Å². The van der Waals surface area contributed by atoms with Crippen LogP contribution >= 0.6 is 11.3 Å². The largest absolute Gasteiger partial charge is 0.377 e. The first-order valence-corrected chi connectivity index (χ1v) is 11.5. The van der Waals surface area contributed by atoms with Crippen molar-refractivity contribution in [2.45, 2.75) is 38.3 Å². The van der Waals surface area contributed by atoms with E-state index >= 15 is 0 Å². The number of thiophene rings is 1. The second-order valence-electron chi connectivity index (χ2n) is 8.14. The molecule has 1 aliphatic carbocycles. The second-order valence-corrected chi connectivity index (χ2v) is 8.99. The third-order valence-corrected chi connectivity index (χ3v) is 6.78. The zero-order valence-electron chi connectivity index (χ0n) is 17.1. The Morgan fingerprint density at radius 2 is 1.93 bits per heavy atom. The minimum Gasteiger partial charge on any atom is -0.377 e. The van der Waals surface area contributed by atoms with Crippen molar-refractivity contribution in [2.24, 2.45) is 5.92 Å². The molecule has 0 unspecified atom stereocenters. The van der Waals surface area contributed by atoms with Crippen molar-refractivity contribution in [1.29, 1.82) is 0 Å². The fourth-order valence-electron chi connectivity index (χ4n) is 4.12. The van der Waals surface area contributed by atoms with Gasteiger partial charge < -0.3 is 15.0 Å². The van der Waals surface area contributed by atoms with Crippen molar-refractivity contribution >= 4 is 33.3 Å². The molecule has 6 nitrogen and oxygen atoms in total. The second kappa shape index (κ2) is 8.32. The standard InChI is InChI=1S/C23H26N4O2S/c1-29-13-19-25-21(27-11-9-17(10-12-27)24-22(28)16-7-8-16)20-18(14-30-23(20)26-19)15-5-3-2-4-6-15/h2-6,14,16-17H,7-13H2,1H3,(H,24,28). The zero-order valence-corrected chi connectivity index (χ0v) is 18.0. The predicted octanol–water partition coefficient (Wildman–Crippen LogP) is 4.00. The molecular weight excluding hydrogens is 396 g/mol. The van der Waals surface area contributed by atoms with Gasteiger partial charge in [-0.15, -0.1) is 11.3 Å². The van der Waals surface area contributed by atoms with Gasteiger partial charge in [0.15, 0.2) is 5.82 Å². The lowest BCUT2D eigenvalue weighted by atomic mass is 10.0. The number of nitrogens with one attached hydrogen (secondary N) is 1. The third kappa shape index (κ3) is 3.91. The number of ether oxygens (including phenoxy) is 1. The number of nitrogens with zero attached hydrogens (tertiary/aromatic N) is 3. The van der Waals surface area contributed by atoms with Gasteiger partial charge in [0.05, 0.1) is 5.39 Å². The summed E-state index contributed by atoms with van der Waals surface area (Å²) in [6.07, 6.45) is 3.97. The number of hydrogen-bond donors (Lipinski definition) is 1. The molecule has 7 heteroatoms. The van der Waals surface area contributed by atoms with E-state index in [0.29, 0.717) is 12.4 Å². The van der Waals surface area contributed by atoms with Crippen LogP contribution in [0.1, 0.15) is 31.5 Å². The minimum atomic E-state index is 0.240. The summed E-state index contributed by atoms with van der Waals surface area (Å²) < 4.78 is 5.31. The molecule has 3 aromatic rings. The van der Waals surface area contributed by atoms with Crippen molar-refractivity contribution in [3.8, 4) is 11.1 Å². The van der Waals surface area contributed by atoms with Crippen LogP contribution in [0.25, 0.3) is 21.3 Å². The van der Waals surface area contributed by atoms with Crippen molar-refractivity contribution in [3.63, 3.8) is 0 Å². The summed E-state index contributed by atoms with van der Waals surface area (Å²) in [5.41, 5.74) is 2.36. The highest BCUT2D eigenvalue weighted by Crippen LogP contribution is 2.39. The Bertz CT molecular complexity index is 1040. The first-order chi connectivity index (χ1) is 14.7. The molecule has 5 rings (SSSR count). The lowest BCUT2D eigenvalue weighted by Gasteiger charge is -2.33. The third-order valence-electron chi connectivity index (χ3n) is 5.91. The highest BCUT2D eigenvalue weighted by molar-refractivity contribution is 7.17. The van der Waals surface area contributed by atoms with E-state index in [2.05, 4.69) is 39.9 Å². The van der Waals surface area contributed by atoms with Crippen LogP contribution in [0.2, 0.25) is 0 Å². The van der Waals surface area contributed by atoms with Crippen molar-refractivity contribution in [1.82, 2.24) is 15.3 Å². The lowest BCUT2D eigenvalue weighted by Crippen LogP contribution is -2.45. The Kier molecular flexibility index (Phi) is 5.39. The molecule has 30 heavy (non-hydrogen) atoms. The van der Waals surface area contributed by atoms with Crippen molar-refractivity contribution < 1.29 is 9.53 Å². The monoisotopic (exact) mass is 422 g/mol. The molecule has 2 aliphatic rings. The molecule has 1 aromatic carbocycles. The van der Waals surface area contributed by atoms with Crippen LogP contribution in [0, 0.1) is 5.92 Å². The maximum Gasteiger partial charge on any atom is 0.223 e. The normalized spacial score (nSPS) is 17.4. The minimum absolute atomic E-state index is 0.240. The Morgan fingerprint density at radius 3 is 2.63 bits per heavy atom. The predicted molar refractivity (Wildman–Crippen MR) is 120 cm³/mol. The van der Waals surface area contributed by atoms with Gasteiger partial charge in [0, 0.05) is 43.1 Å². The van der Waals surface area contributed by atoms with Crippen LogP contribution < -0.4 is 10.2 Å². The van der Waals surface area contributed by atoms with Gasteiger partial charge in [0.25, 0.3) is 0 Å². The summed E-state index contributed by atoms with van der Waals surface area (Å²) in [6, 6.07) is 10.7. The SMILES string of the molecule is COCc1nc(N2CCC(NC(=O)C3CC3)CC2)c2c(-c3ccccc3)csc2n1. The van der Waals surface area contributed by atoms with Gasteiger partial charge in [-0.2, -0.15) is 0 Å². The first-order valence-electron chi connectivity index (χ1n) is 10.6. The van der Waals surface area contributed by atoms with E-state index < -0.39 is 0 Å². The Balaban J connectivity index is 1.45. The summed E-state index contributed by atoms with van der Waals surface area (Å²) in [6.45, 7) is 2.14. The van der Waals surface area contributed by atoms with Gasteiger partial charge in [-0.3, -0.25) is 4.79 Å². The van der Waals surface area contributed by atoms with Crippen LogP contribution in [0.4, 0.5) is 5.82 Å². The summed E-state index contributed by atoms with van der Waals surface area (Å²) in [7, 11) is 1.67. The van der Waals surface area contributed by atoms with E-state index in [9.17, 15) is 4.79 Å². The number of amides is 1. The van der Waals surface area contributed by atoms with Gasteiger partial charge in [0.2, 0.25) is 5.91 Å².